The molecule has 0 unspecified atom stereocenters. The molecule has 0 fully saturated rings. The highest BCUT2D eigenvalue weighted by Crippen LogP contribution is 2.21. The Morgan fingerprint density at radius 2 is 2.18 bits per heavy atom. The number of aromatic nitrogens is 1. The fourth-order valence-electron chi connectivity index (χ4n) is 1.67. The third-order valence-corrected chi connectivity index (χ3v) is 2.46. The SMILES string of the molecule is CCNC(=O)c1cc2ccccc2nc1OC. The van der Waals surface area contributed by atoms with Crippen LogP contribution in [0.15, 0.2) is 30.3 Å². The number of rotatable bonds is 3. The molecule has 4 nitrogen and oxygen atoms in total. The number of nitrogens with zero attached hydrogens (tertiary/aromatic N) is 1. The van der Waals surface area contributed by atoms with Crippen LogP contribution in [0, 0.1) is 0 Å². The second-order valence-electron chi connectivity index (χ2n) is 3.60. The van der Waals surface area contributed by atoms with Gasteiger partial charge in [0.1, 0.15) is 5.56 Å². The summed E-state index contributed by atoms with van der Waals surface area (Å²) in [5, 5.41) is 3.67. The fourth-order valence-corrected chi connectivity index (χ4v) is 1.67. The Kier molecular flexibility index (Phi) is 3.23. The van der Waals surface area contributed by atoms with Gasteiger partial charge in [0.2, 0.25) is 5.88 Å². The standard InChI is InChI=1S/C13H14N2O2/c1-3-14-12(16)10-8-9-6-4-5-7-11(9)15-13(10)17-2/h4-8H,3H2,1-2H3,(H,14,16). The third kappa shape index (κ3) is 2.20. The summed E-state index contributed by atoms with van der Waals surface area (Å²) in [6.45, 7) is 2.45. The van der Waals surface area contributed by atoms with Crippen LogP contribution in [0.25, 0.3) is 10.9 Å². The van der Waals surface area contributed by atoms with Crippen molar-refractivity contribution >= 4 is 16.8 Å². The first-order valence-electron chi connectivity index (χ1n) is 5.48. The average molecular weight is 230 g/mol. The molecular formula is C13H14N2O2. The molecular weight excluding hydrogens is 216 g/mol. The van der Waals surface area contributed by atoms with Gasteiger partial charge in [0.15, 0.2) is 0 Å². The van der Waals surface area contributed by atoms with E-state index in [0.29, 0.717) is 18.0 Å². The summed E-state index contributed by atoms with van der Waals surface area (Å²) < 4.78 is 5.15. The number of amides is 1. The number of pyridine rings is 1. The van der Waals surface area contributed by atoms with Crippen molar-refractivity contribution in [2.45, 2.75) is 6.92 Å². The molecule has 0 bridgehead atoms. The summed E-state index contributed by atoms with van der Waals surface area (Å²) >= 11 is 0. The van der Waals surface area contributed by atoms with Crippen LogP contribution in [0.1, 0.15) is 17.3 Å². The Morgan fingerprint density at radius 3 is 2.88 bits per heavy atom. The van der Waals surface area contributed by atoms with Crippen LogP contribution < -0.4 is 10.1 Å². The van der Waals surface area contributed by atoms with Crippen LogP contribution >= 0.6 is 0 Å². The van der Waals surface area contributed by atoms with Gasteiger partial charge in [-0.05, 0) is 19.1 Å². The molecule has 0 atom stereocenters. The largest absolute Gasteiger partial charge is 0.480 e. The predicted molar refractivity (Wildman–Crippen MR) is 66.3 cm³/mol. The van der Waals surface area contributed by atoms with Gasteiger partial charge in [0.25, 0.3) is 5.91 Å². The fraction of sp³-hybridized carbons (Fsp3) is 0.231. The summed E-state index contributed by atoms with van der Waals surface area (Å²) in [7, 11) is 1.51. The van der Waals surface area contributed by atoms with Gasteiger partial charge in [0, 0.05) is 11.9 Å². The number of methoxy groups -OCH3 is 1. The Morgan fingerprint density at radius 1 is 1.41 bits per heavy atom. The molecule has 88 valence electrons. The van der Waals surface area contributed by atoms with Crippen molar-refractivity contribution in [2.24, 2.45) is 0 Å². The van der Waals surface area contributed by atoms with E-state index >= 15 is 0 Å². The lowest BCUT2D eigenvalue weighted by atomic mass is 10.1. The number of carbonyl (C=O) groups is 1. The second-order valence-corrected chi connectivity index (χ2v) is 3.60. The van der Waals surface area contributed by atoms with Crippen molar-refractivity contribution in [1.82, 2.24) is 10.3 Å². The molecule has 1 N–H and O–H groups in total. The zero-order chi connectivity index (χ0) is 12.3. The van der Waals surface area contributed by atoms with E-state index in [2.05, 4.69) is 10.3 Å². The molecule has 1 heterocycles. The van der Waals surface area contributed by atoms with Gasteiger partial charge in [-0.25, -0.2) is 4.98 Å². The van der Waals surface area contributed by atoms with E-state index in [1.54, 1.807) is 6.07 Å². The summed E-state index contributed by atoms with van der Waals surface area (Å²) in [4.78, 5) is 16.2. The molecule has 2 aromatic rings. The van der Waals surface area contributed by atoms with E-state index in [0.717, 1.165) is 10.9 Å². The molecule has 0 saturated carbocycles. The lowest BCUT2D eigenvalue weighted by molar-refractivity contribution is 0.0952. The van der Waals surface area contributed by atoms with Gasteiger partial charge in [0.05, 0.1) is 12.6 Å². The van der Waals surface area contributed by atoms with Crippen molar-refractivity contribution in [3.63, 3.8) is 0 Å². The molecule has 0 aliphatic carbocycles. The van der Waals surface area contributed by atoms with Gasteiger partial charge >= 0.3 is 0 Å². The minimum Gasteiger partial charge on any atom is -0.480 e. The normalized spacial score (nSPS) is 10.2. The summed E-state index contributed by atoms with van der Waals surface area (Å²) in [5.41, 5.74) is 1.28. The Hall–Kier alpha value is -2.10. The molecule has 1 amide bonds. The van der Waals surface area contributed by atoms with Crippen molar-refractivity contribution in [3.05, 3.63) is 35.9 Å². The summed E-state index contributed by atoms with van der Waals surface area (Å²) in [6.07, 6.45) is 0. The molecule has 0 aliphatic heterocycles. The molecule has 0 saturated heterocycles. The maximum Gasteiger partial charge on any atom is 0.256 e. The smallest absolute Gasteiger partial charge is 0.256 e. The number of fused-ring (bicyclic) bond motifs is 1. The van der Waals surface area contributed by atoms with Crippen molar-refractivity contribution < 1.29 is 9.53 Å². The molecule has 17 heavy (non-hydrogen) atoms. The number of carbonyl (C=O) groups excluding carboxylic acids is 1. The average Bonchev–Trinajstić information content (AvgIpc) is 2.37. The monoisotopic (exact) mass is 230 g/mol. The molecule has 0 radical (unpaired) electrons. The molecule has 2 rings (SSSR count). The van der Waals surface area contributed by atoms with Crippen LogP contribution in [0.5, 0.6) is 5.88 Å². The zero-order valence-electron chi connectivity index (χ0n) is 9.86. The molecule has 0 aliphatic rings. The first kappa shape index (κ1) is 11.4. The quantitative estimate of drug-likeness (QED) is 0.877. The number of para-hydroxylation sites is 1. The van der Waals surface area contributed by atoms with Gasteiger partial charge < -0.3 is 10.1 Å². The van der Waals surface area contributed by atoms with E-state index < -0.39 is 0 Å². The van der Waals surface area contributed by atoms with Crippen LogP contribution in [0.3, 0.4) is 0 Å². The number of hydrogen-bond acceptors (Lipinski definition) is 3. The van der Waals surface area contributed by atoms with Crippen LogP contribution in [-0.2, 0) is 0 Å². The molecule has 0 spiro atoms. The maximum absolute atomic E-state index is 11.8. The second kappa shape index (κ2) is 4.82. The highest BCUT2D eigenvalue weighted by molar-refractivity contribution is 5.99. The first-order chi connectivity index (χ1) is 8.26. The van der Waals surface area contributed by atoms with Crippen molar-refractivity contribution in [1.29, 1.82) is 0 Å². The zero-order valence-corrected chi connectivity index (χ0v) is 9.86. The van der Waals surface area contributed by atoms with E-state index in [4.69, 9.17) is 4.74 Å². The number of ether oxygens (including phenoxy) is 1. The lowest BCUT2D eigenvalue weighted by Crippen LogP contribution is -2.23. The van der Waals surface area contributed by atoms with E-state index in [1.807, 2.05) is 31.2 Å². The third-order valence-electron chi connectivity index (χ3n) is 2.46. The first-order valence-corrected chi connectivity index (χ1v) is 5.48. The summed E-state index contributed by atoms with van der Waals surface area (Å²) in [6, 6.07) is 9.43. The van der Waals surface area contributed by atoms with Gasteiger partial charge in [-0.1, -0.05) is 18.2 Å². The van der Waals surface area contributed by atoms with Crippen LogP contribution in [-0.4, -0.2) is 24.5 Å². The van der Waals surface area contributed by atoms with Crippen LogP contribution in [0.4, 0.5) is 0 Å². The molecule has 1 aromatic heterocycles. The van der Waals surface area contributed by atoms with E-state index in [-0.39, 0.29) is 5.91 Å². The minimum absolute atomic E-state index is 0.164. The Labute approximate surface area is 99.6 Å². The van der Waals surface area contributed by atoms with Crippen LogP contribution in [0.2, 0.25) is 0 Å². The molecule has 1 aromatic carbocycles. The van der Waals surface area contributed by atoms with E-state index in [1.165, 1.54) is 7.11 Å². The van der Waals surface area contributed by atoms with Gasteiger partial charge in [-0.3, -0.25) is 4.79 Å². The lowest BCUT2D eigenvalue weighted by Gasteiger charge is -2.08. The number of benzene rings is 1. The summed E-state index contributed by atoms with van der Waals surface area (Å²) in [5.74, 6) is 0.192. The minimum atomic E-state index is -0.164. The van der Waals surface area contributed by atoms with Crippen molar-refractivity contribution in [3.8, 4) is 5.88 Å². The highest BCUT2D eigenvalue weighted by atomic mass is 16.5. The van der Waals surface area contributed by atoms with Crippen molar-refractivity contribution in [2.75, 3.05) is 13.7 Å². The molecule has 4 heteroatoms. The van der Waals surface area contributed by atoms with E-state index in [9.17, 15) is 4.79 Å². The van der Waals surface area contributed by atoms with Gasteiger partial charge in [-0.15, -0.1) is 0 Å². The highest BCUT2D eigenvalue weighted by Gasteiger charge is 2.13. The Bertz CT molecular complexity index is 552. The predicted octanol–water partition coefficient (Wildman–Crippen LogP) is 1.99. The maximum atomic E-state index is 11.8. The number of hydrogen-bond donors (Lipinski definition) is 1. The Balaban J connectivity index is 2.56. The van der Waals surface area contributed by atoms with Gasteiger partial charge in [-0.2, -0.15) is 0 Å². The topological polar surface area (TPSA) is 51.2 Å². The number of nitrogens with one attached hydrogen (secondary N) is 1.